The molecule has 0 saturated heterocycles. The topological polar surface area (TPSA) is 84.2 Å². The monoisotopic (exact) mass is 371 g/mol. The lowest BCUT2D eigenvalue weighted by Gasteiger charge is -2.28. The van der Waals surface area contributed by atoms with Crippen LogP contribution in [0.15, 0.2) is 46.7 Å². The number of nitrogens with zero attached hydrogens (tertiary/aromatic N) is 4. The van der Waals surface area contributed by atoms with E-state index in [0.29, 0.717) is 23.1 Å². The van der Waals surface area contributed by atoms with Gasteiger partial charge in [0.2, 0.25) is 0 Å². The fraction of sp³-hybridized carbons (Fsp3) is 0.333. The third kappa shape index (κ3) is 4.14. The van der Waals surface area contributed by atoms with Crippen molar-refractivity contribution < 1.29 is 9.21 Å². The van der Waals surface area contributed by atoms with Gasteiger partial charge >= 0.3 is 0 Å². The minimum atomic E-state index is -0.216. The number of hydrogen-bond donors (Lipinski definition) is 1. The Morgan fingerprint density at radius 3 is 2.69 bits per heavy atom. The van der Waals surface area contributed by atoms with Gasteiger partial charge in [0.1, 0.15) is 11.5 Å². The number of carbonyl (C=O) groups excluding carboxylic acids is 1. The van der Waals surface area contributed by atoms with Crippen molar-refractivity contribution in [2.45, 2.75) is 19.9 Å². The summed E-state index contributed by atoms with van der Waals surface area (Å²) in [7, 11) is 0. The fourth-order valence-corrected chi connectivity index (χ4v) is 3.47. The standard InChI is InChI=1S/C18H21N5O2S/c1-3-23(4-2)14(15-7-5-10-25-15)11-21-17(24)13-12-26-18(22-13)16-19-8-6-9-20-16/h5-10,12,14H,3-4,11H2,1-2H3,(H,21,24). The highest BCUT2D eigenvalue weighted by Crippen LogP contribution is 2.22. The van der Waals surface area contributed by atoms with Crippen LogP contribution in [0, 0.1) is 0 Å². The second-order valence-corrected chi connectivity index (χ2v) is 6.43. The zero-order valence-electron chi connectivity index (χ0n) is 14.8. The molecule has 3 rings (SSSR count). The van der Waals surface area contributed by atoms with E-state index in [2.05, 4.69) is 39.0 Å². The van der Waals surface area contributed by atoms with Gasteiger partial charge in [0, 0.05) is 24.3 Å². The predicted octanol–water partition coefficient (Wildman–Crippen LogP) is 3.01. The maximum atomic E-state index is 12.5. The van der Waals surface area contributed by atoms with Gasteiger partial charge in [-0.05, 0) is 31.3 Å². The maximum Gasteiger partial charge on any atom is 0.270 e. The van der Waals surface area contributed by atoms with Gasteiger partial charge in [-0.2, -0.15) is 0 Å². The van der Waals surface area contributed by atoms with Crippen molar-refractivity contribution in [1.82, 2.24) is 25.2 Å². The van der Waals surface area contributed by atoms with Crippen molar-refractivity contribution in [2.24, 2.45) is 0 Å². The smallest absolute Gasteiger partial charge is 0.270 e. The van der Waals surface area contributed by atoms with Gasteiger partial charge in [0.15, 0.2) is 10.8 Å². The highest BCUT2D eigenvalue weighted by atomic mass is 32.1. The van der Waals surface area contributed by atoms with E-state index in [-0.39, 0.29) is 11.9 Å². The van der Waals surface area contributed by atoms with Crippen LogP contribution in [-0.4, -0.2) is 45.4 Å². The van der Waals surface area contributed by atoms with Gasteiger partial charge in [-0.25, -0.2) is 15.0 Å². The van der Waals surface area contributed by atoms with Crippen molar-refractivity contribution in [1.29, 1.82) is 0 Å². The van der Waals surface area contributed by atoms with E-state index >= 15 is 0 Å². The Kier molecular flexibility index (Phi) is 6.08. The van der Waals surface area contributed by atoms with E-state index in [1.807, 2.05) is 12.1 Å². The first-order chi connectivity index (χ1) is 12.7. The van der Waals surface area contributed by atoms with Crippen LogP contribution in [0.1, 0.15) is 36.1 Å². The molecule has 3 heterocycles. The lowest BCUT2D eigenvalue weighted by Crippen LogP contribution is -2.38. The van der Waals surface area contributed by atoms with Crippen LogP contribution in [0.4, 0.5) is 0 Å². The van der Waals surface area contributed by atoms with Crippen molar-refractivity contribution in [3.8, 4) is 10.8 Å². The van der Waals surface area contributed by atoms with E-state index in [4.69, 9.17) is 4.42 Å². The number of amides is 1. The molecule has 7 nitrogen and oxygen atoms in total. The van der Waals surface area contributed by atoms with Crippen molar-refractivity contribution in [2.75, 3.05) is 19.6 Å². The summed E-state index contributed by atoms with van der Waals surface area (Å²) in [5.41, 5.74) is 0.371. The van der Waals surface area contributed by atoms with Gasteiger partial charge in [-0.15, -0.1) is 11.3 Å². The van der Waals surface area contributed by atoms with Gasteiger partial charge in [-0.3, -0.25) is 9.69 Å². The summed E-state index contributed by atoms with van der Waals surface area (Å²) in [5, 5.41) is 5.31. The third-order valence-corrected chi connectivity index (χ3v) is 4.91. The number of aromatic nitrogens is 3. The molecule has 8 heteroatoms. The highest BCUT2D eigenvalue weighted by Gasteiger charge is 2.22. The Hall–Kier alpha value is -2.58. The van der Waals surface area contributed by atoms with Crippen molar-refractivity contribution in [3.63, 3.8) is 0 Å². The Labute approximate surface area is 156 Å². The lowest BCUT2D eigenvalue weighted by molar-refractivity contribution is 0.0925. The van der Waals surface area contributed by atoms with Crippen LogP contribution in [0.25, 0.3) is 10.8 Å². The molecular weight excluding hydrogens is 350 g/mol. The Morgan fingerprint density at radius 2 is 2.04 bits per heavy atom. The number of carbonyl (C=O) groups is 1. The van der Waals surface area contributed by atoms with Crippen LogP contribution in [0.2, 0.25) is 0 Å². The number of hydrogen-bond acceptors (Lipinski definition) is 7. The van der Waals surface area contributed by atoms with E-state index in [0.717, 1.165) is 18.8 Å². The molecule has 0 aromatic carbocycles. The number of likely N-dealkylation sites (N-methyl/N-ethyl adjacent to an activating group) is 1. The summed E-state index contributed by atoms with van der Waals surface area (Å²) in [5.74, 6) is 1.14. The zero-order chi connectivity index (χ0) is 18.4. The van der Waals surface area contributed by atoms with Crippen LogP contribution in [-0.2, 0) is 0 Å². The lowest BCUT2D eigenvalue weighted by atomic mass is 10.2. The van der Waals surface area contributed by atoms with Crippen LogP contribution >= 0.6 is 11.3 Å². The van der Waals surface area contributed by atoms with Crippen LogP contribution < -0.4 is 5.32 Å². The van der Waals surface area contributed by atoms with E-state index in [1.165, 1.54) is 11.3 Å². The van der Waals surface area contributed by atoms with Gasteiger partial charge < -0.3 is 9.73 Å². The number of thiazole rings is 1. The molecule has 3 aromatic rings. The molecule has 136 valence electrons. The zero-order valence-corrected chi connectivity index (χ0v) is 15.6. The maximum absolute atomic E-state index is 12.5. The van der Waals surface area contributed by atoms with Crippen LogP contribution in [0.3, 0.4) is 0 Å². The fourth-order valence-electron chi connectivity index (χ4n) is 2.73. The van der Waals surface area contributed by atoms with E-state index in [9.17, 15) is 4.79 Å². The van der Waals surface area contributed by atoms with Crippen LogP contribution in [0.5, 0.6) is 0 Å². The molecule has 1 unspecified atom stereocenters. The molecule has 1 N–H and O–H groups in total. The average Bonchev–Trinajstić information content (AvgIpc) is 3.37. The number of nitrogens with one attached hydrogen (secondary N) is 1. The summed E-state index contributed by atoms with van der Waals surface area (Å²) >= 11 is 1.35. The normalized spacial score (nSPS) is 12.3. The number of furan rings is 1. The van der Waals surface area contributed by atoms with E-state index in [1.54, 1.807) is 30.1 Å². The minimum absolute atomic E-state index is 0.0143. The minimum Gasteiger partial charge on any atom is -0.468 e. The second-order valence-electron chi connectivity index (χ2n) is 5.57. The summed E-state index contributed by atoms with van der Waals surface area (Å²) < 4.78 is 5.56. The molecule has 0 aliphatic carbocycles. The molecule has 0 radical (unpaired) electrons. The summed E-state index contributed by atoms with van der Waals surface area (Å²) in [6.45, 7) is 6.36. The average molecular weight is 371 g/mol. The molecule has 0 saturated carbocycles. The first-order valence-corrected chi connectivity index (χ1v) is 9.39. The summed E-state index contributed by atoms with van der Waals surface area (Å²) in [6, 6.07) is 5.52. The first kappa shape index (κ1) is 18.2. The Morgan fingerprint density at radius 1 is 1.27 bits per heavy atom. The largest absolute Gasteiger partial charge is 0.468 e. The van der Waals surface area contributed by atoms with Gasteiger partial charge in [0.05, 0.1) is 12.3 Å². The summed E-state index contributed by atoms with van der Waals surface area (Å²) in [6.07, 6.45) is 4.96. The quantitative estimate of drug-likeness (QED) is 0.655. The second kappa shape index (κ2) is 8.68. The first-order valence-electron chi connectivity index (χ1n) is 8.51. The molecule has 0 aliphatic rings. The molecule has 26 heavy (non-hydrogen) atoms. The van der Waals surface area contributed by atoms with Crippen molar-refractivity contribution >= 4 is 17.2 Å². The molecule has 0 fully saturated rings. The van der Waals surface area contributed by atoms with E-state index < -0.39 is 0 Å². The molecular formula is C18H21N5O2S. The number of rotatable bonds is 8. The molecule has 3 aromatic heterocycles. The van der Waals surface area contributed by atoms with Crippen molar-refractivity contribution in [3.05, 3.63) is 53.7 Å². The summed E-state index contributed by atoms with van der Waals surface area (Å²) in [4.78, 5) is 27.4. The molecule has 0 spiro atoms. The van der Waals surface area contributed by atoms with Gasteiger partial charge in [-0.1, -0.05) is 13.8 Å². The molecule has 0 aliphatic heterocycles. The van der Waals surface area contributed by atoms with Gasteiger partial charge in [0.25, 0.3) is 5.91 Å². The molecule has 1 atom stereocenters. The molecule has 0 bridgehead atoms. The SMILES string of the molecule is CCN(CC)C(CNC(=O)c1csc(-c2ncccn2)n1)c1ccco1. The predicted molar refractivity (Wildman–Crippen MR) is 99.8 cm³/mol. The Bertz CT molecular complexity index is 815. The highest BCUT2D eigenvalue weighted by molar-refractivity contribution is 7.13. The molecule has 1 amide bonds. The Balaban J connectivity index is 1.68. The third-order valence-electron chi connectivity index (χ3n) is 4.07.